The molecule has 2 heterocycles. The summed E-state index contributed by atoms with van der Waals surface area (Å²) in [4.78, 5) is 15.6. The number of piperazine rings is 1. The van der Waals surface area contributed by atoms with E-state index in [2.05, 4.69) is 9.88 Å². The lowest BCUT2D eigenvalue weighted by Crippen LogP contribution is -2.52. The third kappa shape index (κ3) is 2.84. The van der Waals surface area contributed by atoms with Crippen molar-refractivity contribution >= 4 is 21.6 Å². The summed E-state index contributed by atoms with van der Waals surface area (Å²) in [5, 5.41) is -0.122. The van der Waals surface area contributed by atoms with E-state index in [-0.39, 0.29) is 16.0 Å². The number of nitrogens with zero attached hydrogens (tertiary/aromatic N) is 2. The van der Waals surface area contributed by atoms with Crippen LogP contribution in [-0.2, 0) is 10.0 Å². The van der Waals surface area contributed by atoms with Crippen molar-refractivity contribution in [1.82, 2.24) is 14.2 Å². The maximum atomic E-state index is 12.5. The number of aromatic amines is 1. The number of aromatic nitrogens is 1. The van der Waals surface area contributed by atoms with Crippen LogP contribution in [0, 0.1) is 0 Å². The Morgan fingerprint density at radius 3 is 2.68 bits per heavy atom. The fraction of sp³-hybridized carbons (Fsp3) is 0.545. The first-order chi connectivity index (χ1) is 8.82. The Morgan fingerprint density at radius 1 is 1.42 bits per heavy atom. The van der Waals surface area contributed by atoms with Crippen molar-refractivity contribution in [3.05, 3.63) is 27.6 Å². The Bertz CT molecular complexity index is 628. The zero-order valence-corrected chi connectivity index (χ0v) is 12.3. The topological polar surface area (TPSA) is 73.5 Å². The van der Waals surface area contributed by atoms with Crippen molar-refractivity contribution in [2.75, 3.05) is 26.7 Å². The van der Waals surface area contributed by atoms with Crippen LogP contribution in [0.25, 0.3) is 0 Å². The molecule has 1 aliphatic heterocycles. The molecule has 0 saturated carbocycles. The van der Waals surface area contributed by atoms with Gasteiger partial charge in [-0.1, -0.05) is 11.6 Å². The summed E-state index contributed by atoms with van der Waals surface area (Å²) >= 11 is 5.68. The summed E-state index contributed by atoms with van der Waals surface area (Å²) in [6, 6.07) is 1.08. The Hall–Kier alpha value is -0.890. The van der Waals surface area contributed by atoms with Gasteiger partial charge in [-0.3, -0.25) is 4.79 Å². The summed E-state index contributed by atoms with van der Waals surface area (Å²) in [6.45, 7) is 3.65. The van der Waals surface area contributed by atoms with Crippen LogP contribution in [0.3, 0.4) is 0 Å². The highest BCUT2D eigenvalue weighted by atomic mass is 35.5. The monoisotopic (exact) mass is 305 g/mol. The largest absolute Gasteiger partial charge is 0.326 e. The zero-order chi connectivity index (χ0) is 14.2. The van der Waals surface area contributed by atoms with Crippen LogP contribution in [0.2, 0.25) is 5.02 Å². The Kier molecular flexibility index (Phi) is 4.00. The maximum Gasteiger partial charge on any atom is 0.266 e. The Morgan fingerprint density at radius 2 is 2.11 bits per heavy atom. The van der Waals surface area contributed by atoms with Gasteiger partial charge in [0.2, 0.25) is 10.0 Å². The highest BCUT2D eigenvalue weighted by Gasteiger charge is 2.32. The van der Waals surface area contributed by atoms with Crippen LogP contribution in [0.1, 0.15) is 6.92 Å². The quantitative estimate of drug-likeness (QED) is 0.856. The van der Waals surface area contributed by atoms with Crippen LogP contribution in [0.4, 0.5) is 0 Å². The van der Waals surface area contributed by atoms with Gasteiger partial charge in [-0.2, -0.15) is 4.31 Å². The molecule has 0 aliphatic carbocycles. The van der Waals surface area contributed by atoms with Crippen molar-refractivity contribution in [3.8, 4) is 0 Å². The normalized spacial score (nSPS) is 22.6. The SMILES string of the molecule is CC1CN(C)CCN1S(=O)(=O)c1c[nH]c(=O)c(Cl)c1. The lowest BCUT2D eigenvalue weighted by atomic mass is 10.2. The molecule has 1 fully saturated rings. The van der Waals surface area contributed by atoms with Gasteiger partial charge in [-0.25, -0.2) is 8.42 Å². The van der Waals surface area contributed by atoms with E-state index in [1.807, 2.05) is 14.0 Å². The molecule has 1 atom stereocenters. The number of likely N-dealkylation sites (N-methyl/N-ethyl adjacent to an activating group) is 1. The number of nitrogens with one attached hydrogen (secondary N) is 1. The lowest BCUT2D eigenvalue weighted by molar-refractivity contribution is 0.170. The van der Waals surface area contributed by atoms with Gasteiger partial charge in [-0.15, -0.1) is 0 Å². The second kappa shape index (κ2) is 5.24. The maximum absolute atomic E-state index is 12.5. The third-order valence-electron chi connectivity index (χ3n) is 3.21. The van der Waals surface area contributed by atoms with E-state index in [0.717, 1.165) is 0 Å². The van der Waals surface area contributed by atoms with E-state index in [4.69, 9.17) is 11.6 Å². The number of sulfonamides is 1. The molecule has 0 radical (unpaired) electrons. The molecule has 1 aromatic rings. The fourth-order valence-corrected chi connectivity index (χ4v) is 4.05. The van der Waals surface area contributed by atoms with Crippen molar-refractivity contribution < 1.29 is 8.42 Å². The Balaban J connectivity index is 2.36. The van der Waals surface area contributed by atoms with Crippen LogP contribution in [0.15, 0.2) is 22.0 Å². The first-order valence-electron chi connectivity index (χ1n) is 5.91. The number of hydrogen-bond donors (Lipinski definition) is 1. The molecule has 19 heavy (non-hydrogen) atoms. The predicted octanol–water partition coefficient (Wildman–Crippen LogP) is 0.353. The highest BCUT2D eigenvalue weighted by molar-refractivity contribution is 7.89. The van der Waals surface area contributed by atoms with Gasteiger partial charge >= 0.3 is 0 Å². The molecule has 1 aromatic heterocycles. The fourth-order valence-electron chi connectivity index (χ4n) is 2.20. The highest BCUT2D eigenvalue weighted by Crippen LogP contribution is 2.21. The van der Waals surface area contributed by atoms with Crippen molar-refractivity contribution in [1.29, 1.82) is 0 Å². The van der Waals surface area contributed by atoms with Gasteiger partial charge < -0.3 is 9.88 Å². The van der Waals surface area contributed by atoms with Gasteiger partial charge in [0.05, 0.1) is 4.90 Å². The van der Waals surface area contributed by atoms with Gasteiger partial charge in [0.1, 0.15) is 5.02 Å². The summed E-state index contributed by atoms with van der Waals surface area (Å²) in [7, 11) is -1.67. The van der Waals surface area contributed by atoms with Crippen molar-refractivity contribution in [2.45, 2.75) is 17.9 Å². The van der Waals surface area contributed by atoms with Crippen LogP contribution < -0.4 is 5.56 Å². The predicted molar refractivity (Wildman–Crippen MR) is 72.9 cm³/mol. The molecule has 0 aromatic carbocycles. The molecule has 106 valence electrons. The smallest absolute Gasteiger partial charge is 0.266 e. The van der Waals surface area contributed by atoms with Crippen molar-refractivity contribution in [2.24, 2.45) is 0 Å². The number of rotatable bonds is 2. The third-order valence-corrected chi connectivity index (χ3v) is 5.48. The standard InChI is InChI=1S/C11H16ClN3O3S/c1-8-7-14(2)3-4-15(8)19(17,18)9-5-10(12)11(16)13-6-9/h5-6,8H,3-4,7H2,1-2H3,(H,13,16). The number of pyridine rings is 1. The molecule has 1 saturated heterocycles. The molecule has 1 N–H and O–H groups in total. The average Bonchev–Trinajstić information content (AvgIpc) is 2.32. The summed E-state index contributed by atoms with van der Waals surface area (Å²) in [6.07, 6.45) is 1.19. The van der Waals surface area contributed by atoms with Crippen molar-refractivity contribution in [3.63, 3.8) is 0 Å². The van der Waals surface area contributed by atoms with Crippen LogP contribution >= 0.6 is 11.6 Å². The molecule has 1 unspecified atom stereocenters. The van der Waals surface area contributed by atoms with E-state index in [1.54, 1.807) is 0 Å². The molecular formula is C11H16ClN3O3S. The summed E-state index contributed by atoms with van der Waals surface area (Å²) < 4.78 is 26.4. The zero-order valence-electron chi connectivity index (χ0n) is 10.8. The van der Waals surface area contributed by atoms with Gasteiger partial charge in [0, 0.05) is 31.9 Å². The molecule has 6 nitrogen and oxygen atoms in total. The average molecular weight is 306 g/mol. The second-order valence-corrected chi connectivity index (χ2v) is 7.04. The molecular weight excluding hydrogens is 290 g/mol. The molecule has 0 bridgehead atoms. The van der Waals surface area contributed by atoms with E-state index in [9.17, 15) is 13.2 Å². The lowest BCUT2D eigenvalue weighted by Gasteiger charge is -2.37. The summed E-state index contributed by atoms with van der Waals surface area (Å²) in [5.74, 6) is 0. The molecule has 8 heteroatoms. The first-order valence-corrected chi connectivity index (χ1v) is 7.73. The summed E-state index contributed by atoms with van der Waals surface area (Å²) in [5.41, 5.74) is -0.493. The first kappa shape index (κ1) is 14.5. The van der Waals surface area contributed by atoms with Gasteiger partial charge in [0.25, 0.3) is 5.56 Å². The van der Waals surface area contributed by atoms with E-state index in [1.165, 1.54) is 16.6 Å². The molecule has 0 amide bonds. The van der Waals surface area contributed by atoms with Crippen LogP contribution in [0.5, 0.6) is 0 Å². The number of H-pyrrole nitrogens is 1. The minimum atomic E-state index is -3.62. The van der Waals surface area contributed by atoms with E-state index in [0.29, 0.717) is 19.6 Å². The van der Waals surface area contributed by atoms with E-state index >= 15 is 0 Å². The number of hydrogen-bond acceptors (Lipinski definition) is 4. The van der Waals surface area contributed by atoms with E-state index < -0.39 is 15.6 Å². The Labute approximate surface area is 117 Å². The minimum absolute atomic E-state index is 0.0218. The molecule has 1 aliphatic rings. The minimum Gasteiger partial charge on any atom is -0.326 e. The molecule has 0 spiro atoms. The number of halogens is 1. The second-order valence-electron chi connectivity index (χ2n) is 4.74. The van der Waals surface area contributed by atoms with Crippen LogP contribution in [-0.4, -0.2) is 55.3 Å². The molecule has 2 rings (SSSR count). The van der Waals surface area contributed by atoms with Gasteiger partial charge in [-0.05, 0) is 20.0 Å². The van der Waals surface area contributed by atoms with Gasteiger partial charge in [0.15, 0.2) is 0 Å².